The minimum Gasteiger partial charge on any atom is -0.494 e. The van der Waals surface area contributed by atoms with Crippen molar-refractivity contribution < 1.29 is 32.8 Å². The van der Waals surface area contributed by atoms with Crippen molar-refractivity contribution in [3.63, 3.8) is 0 Å². The largest absolute Gasteiger partial charge is 0.494 e. The summed E-state index contributed by atoms with van der Waals surface area (Å²) < 4.78 is 35.0. The first-order chi connectivity index (χ1) is 17.7. The third-order valence-corrected chi connectivity index (χ3v) is 7.83. The van der Waals surface area contributed by atoms with Gasteiger partial charge in [0.1, 0.15) is 11.4 Å². The van der Waals surface area contributed by atoms with E-state index in [-0.39, 0.29) is 29.8 Å². The lowest BCUT2D eigenvalue weighted by molar-refractivity contribution is 0.0820. The van der Waals surface area contributed by atoms with Crippen LogP contribution in [0.25, 0.3) is 0 Å². The molecule has 13 heteroatoms. The van der Waals surface area contributed by atoms with E-state index in [2.05, 4.69) is 25.5 Å². The molecule has 1 aromatic carbocycles. The first kappa shape index (κ1) is 25.8. The molecule has 37 heavy (non-hydrogen) atoms. The third-order valence-electron chi connectivity index (χ3n) is 7.25. The van der Waals surface area contributed by atoms with Gasteiger partial charge in [-0.05, 0) is 61.6 Å². The quantitative estimate of drug-likeness (QED) is 0.354. The SMILES string of the molecule is COc1ccc(CNc2nc(N3CC4CC4C3)ncc2C(=O)N[C@H]2CC[C@H](OP(=O)(O)O)CC2)cc1F. The molecule has 1 saturated heterocycles. The number of ether oxygens (including phenoxy) is 1. The van der Waals surface area contributed by atoms with Crippen LogP contribution in [0.15, 0.2) is 24.4 Å². The van der Waals surface area contributed by atoms with Crippen LogP contribution in [0.1, 0.15) is 48.0 Å². The second kappa shape index (κ2) is 10.5. The van der Waals surface area contributed by atoms with Crippen molar-refractivity contribution in [3.05, 3.63) is 41.3 Å². The van der Waals surface area contributed by atoms with E-state index in [0.717, 1.165) is 13.1 Å². The van der Waals surface area contributed by atoms with Gasteiger partial charge >= 0.3 is 7.82 Å². The number of halogens is 1. The molecule has 2 atom stereocenters. The molecule has 0 bridgehead atoms. The average Bonchev–Trinajstić information content (AvgIpc) is 3.47. The van der Waals surface area contributed by atoms with Gasteiger partial charge in [0, 0.05) is 31.9 Å². The van der Waals surface area contributed by atoms with Gasteiger partial charge in [-0.1, -0.05) is 6.07 Å². The van der Waals surface area contributed by atoms with Crippen LogP contribution in [0.2, 0.25) is 0 Å². The predicted molar refractivity (Wildman–Crippen MR) is 133 cm³/mol. The number of carbonyl (C=O) groups is 1. The first-order valence-corrected chi connectivity index (χ1v) is 13.9. The molecule has 5 rings (SSSR count). The van der Waals surface area contributed by atoms with Crippen molar-refractivity contribution in [3.8, 4) is 5.75 Å². The lowest BCUT2D eigenvalue weighted by Crippen LogP contribution is -2.39. The Bertz CT molecular complexity index is 1190. The number of nitrogens with zero attached hydrogens (tertiary/aromatic N) is 3. The Labute approximate surface area is 214 Å². The van der Waals surface area contributed by atoms with Crippen molar-refractivity contribution in [1.29, 1.82) is 0 Å². The summed E-state index contributed by atoms with van der Waals surface area (Å²) in [7, 11) is -3.13. The Morgan fingerprint density at radius 1 is 1.22 bits per heavy atom. The first-order valence-electron chi connectivity index (χ1n) is 12.4. The third kappa shape index (κ3) is 6.38. The van der Waals surface area contributed by atoms with Crippen LogP contribution in [0.4, 0.5) is 16.2 Å². The average molecular weight is 536 g/mol. The maximum atomic E-state index is 14.2. The highest BCUT2D eigenvalue weighted by atomic mass is 31.2. The lowest BCUT2D eigenvalue weighted by atomic mass is 9.93. The summed E-state index contributed by atoms with van der Waals surface area (Å²) in [5, 5.41) is 6.16. The highest BCUT2D eigenvalue weighted by Gasteiger charge is 2.46. The molecule has 2 saturated carbocycles. The van der Waals surface area contributed by atoms with Crippen molar-refractivity contribution >= 4 is 25.5 Å². The van der Waals surface area contributed by atoms with Crippen LogP contribution in [0.5, 0.6) is 5.75 Å². The van der Waals surface area contributed by atoms with E-state index in [1.807, 2.05) is 0 Å². The monoisotopic (exact) mass is 535 g/mol. The van der Waals surface area contributed by atoms with E-state index in [1.165, 1.54) is 25.8 Å². The highest BCUT2D eigenvalue weighted by Crippen LogP contribution is 2.45. The number of anilines is 2. The number of carbonyl (C=O) groups excluding carboxylic acids is 1. The molecule has 1 aliphatic heterocycles. The van der Waals surface area contributed by atoms with E-state index < -0.39 is 19.7 Å². The van der Waals surface area contributed by atoms with Crippen LogP contribution in [0.3, 0.4) is 0 Å². The number of piperidine rings is 1. The predicted octanol–water partition coefficient (Wildman–Crippen LogP) is 2.84. The maximum Gasteiger partial charge on any atom is 0.469 e. The molecule has 3 fully saturated rings. The Kier molecular flexibility index (Phi) is 7.35. The van der Waals surface area contributed by atoms with E-state index >= 15 is 0 Å². The molecule has 4 N–H and O–H groups in total. The number of methoxy groups -OCH3 is 1. The minimum absolute atomic E-state index is 0.154. The van der Waals surface area contributed by atoms with E-state index in [9.17, 15) is 13.8 Å². The Hall–Kier alpha value is -2.79. The number of aromatic nitrogens is 2. The van der Waals surface area contributed by atoms with Crippen LogP contribution in [-0.2, 0) is 15.6 Å². The van der Waals surface area contributed by atoms with Gasteiger partial charge < -0.3 is 30.1 Å². The molecule has 2 heterocycles. The fourth-order valence-corrected chi connectivity index (χ4v) is 5.76. The smallest absolute Gasteiger partial charge is 0.469 e. The van der Waals surface area contributed by atoms with Gasteiger partial charge in [0.15, 0.2) is 11.6 Å². The molecule has 0 spiro atoms. The van der Waals surface area contributed by atoms with Gasteiger partial charge in [-0.3, -0.25) is 9.32 Å². The van der Waals surface area contributed by atoms with Crippen molar-refractivity contribution in [2.24, 2.45) is 11.8 Å². The van der Waals surface area contributed by atoms with Gasteiger partial charge in [-0.2, -0.15) is 4.98 Å². The van der Waals surface area contributed by atoms with Gasteiger partial charge in [0.2, 0.25) is 5.95 Å². The molecular formula is C24H31FN5O6P. The van der Waals surface area contributed by atoms with E-state index in [0.29, 0.717) is 54.8 Å². The minimum atomic E-state index is -4.54. The molecule has 2 aliphatic carbocycles. The normalized spacial score (nSPS) is 24.9. The van der Waals surface area contributed by atoms with E-state index in [1.54, 1.807) is 12.1 Å². The number of hydrogen-bond acceptors (Lipinski definition) is 8. The van der Waals surface area contributed by atoms with Gasteiger partial charge in [-0.15, -0.1) is 0 Å². The fraction of sp³-hybridized carbons (Fsp3) is 0.542. The molecule has 0 radical (unpaired) electrons. The molecule has 1 amide bonds. The number of hydrogen-bond donors (Lipinski definition) is 4. The zero-order valence-electron chi connectivity index (χ0n) is 20.5. The van der Waals surface area contributed by atoms with Crippen molar-refractivity contribution in [2.45, 2.75) is 50.8 Å². The molecular weight excluding hydrogens is 504 g/mol. The summed E-state index contributed by atoms with van der Waals surface area (Å²) in [4.78, 5) is 42.5. The standard InChI is InChI=1S/C24H31FN5O6P/c1-35-21-7-2-14(8-20(21)25)10-26-22-19(11-27-24(29-22)30-12-15-9-16(15)13-30)23(31)28-17-3-5-18(6-4-17)36-37(32,33)34/h2,7-8,11,15-18H,3-6,9-10,12-13H2,1H3,(H,28,31)(H,26,27,29)(H2,32,33,34)/t15?,16?,17-,18-. The van der Waals surface area contributed by atoms with Gasteiger partial charge in [-0.25, -0.2) is 13.9 Å². The summed E-state index contributed by atoms with van der Waals surface area (Å²) in [5.41, 5.74) is 0.936. The fourth-order valence-electron chi connectivity index (χ4n) is 5.16. The van der Waals surface area contributed by atoms with Crippen molar-refractivity contribution in [2.75, 3.05) is 30.4 Å². The topological polar surface area (TPSA) is 146 Å². The zero-order chi connectivity index (χ0) is 26.2. The maximum absolute atomic E-state index is 14.2. The molecule has 11 nitrogen and oxygen atoms in total. The molecule has 200 valence electrons. The number of amides is 1. The molecule has 2 unspecified atom stereocenters. The number of phosphoric acid groups is 1. The molecule has 1 aromatic heterocycles. The number of rotatable bonds is 9. The zero-order valence-corrected chi connectivity index (χ0v) is 21.4. The Morgan fingerprint density at radius 2 is 1.95 bits per heavy atom. The summed E-state index contributed by atoms with van der Waals surface area (Å²) in [6, 6.07) is 4.50. The number of phosphoric ester groups is 1. The van der Waals surface area contributed by atoms with Crippen molar-refractivity contribution in [1.82, 2.24) is 15.3 Å². The lowest BCUT2D eigenvalue weighted by Gasteiger charge is -2.29. The molecule has 3 aliphatic rings. The Balaban J connectivity index is 1.28. The van der Waals surface area contributed by atoms with Crippen LogP contribution in [-0.4, -0.2) is 58.0 Å². The Morgan fingerprint density at radius 3 is 2.59 bits per heavy atom. The summed E-state index contributed by atoms with van der Waals surface area (Å²) in [5.74, 6) is 1.63. The van der Waals surface area contributed by atoms with E-state index in [4.69, 9.17) is 19.0 Å². The van der Waals surface area contributed by atoms with Crippen LogP contribution in [0, 0.1) is 17.7 Å². The van der Waals surface area contributed by atoms with Crippen LogP contribution >= 0.6 is 7.82 Å². The number of fused-ring (bicyclic) bond motifs is 1. The highest BCUT2D eigenvalue weighted by molar-refractivity contribution is 7.46. The summed E-state index contributed by atoms with van der Waals surface area (Å²) >= 11 is 0. The second-order valence-corrected chi connectivity index (χ2v) is 11.2. The number of nitrogens with one attached hydrogen (secondary N) is 2. The van der Waals surface area contributed by atoms with Crippen LogP contribution < -0.4 is 20.3 Å². The molecule has 2 aromatic rings. The summed E-state index contributed by atoms with van der Waals surface area (Å²) in [6.07, 6.45) is 4.13. The second-order valence-electron chi connectivity index (χ2n) is 9.96. The van der Waals surface area contributed by atoms with Gasteiger partial charge in [0.25, 0.3) is 5.91 Å². The summed E-state index contributed by atoms with van der Waals surface area (Å²) in [6.45, 7) is 2.05. The number of benzene rings is 1. The van der Waals surface area contributed by atoms with Gasteiger partial charge in [0.05, 0.1) is 13.2 Å².